The van der Waals surface area contributed by atoms with Gasteiger partial charge in [-0.05, 0) is 24.6 Å². The first-order valence-corrected chi connectivity index (χ1v) is 8.21. The van der Waals surface area contributed by atoms with Gasteiger partial charge in [0.25, 0.3) is 10.0 Å². The van der Waals surface area contributed by atoms with Crippen LogP contribution in [-0.2, 0) is 10.0 Å². The first-order valence-electron chi connectivity index (χ1n) is 6.72. The van der Waals surface area contributed by atoms with Gasteiger partial charge >= 0.3 is 0 Å². The molecule has 23 heavy (non-hydrogen) atoms. The normalized spacial score (nSPS) is 11.6. The minimum atomic E-state index is -3.95. The van der Waals surface area contributed by atoms with Crippen LogP contribution in [-0.4, -0.2) is 18.5 Å². The van der Waals surface area contributed by atoms with Crippen molar-refractivity contribution in [2.24, 2.45) is 0 Å². The van der Waals surface area contributed by atoms with E-state index < -0.39 is 15.8 Å². The van der Waals surface area contributed by atoms with Gasteiger partial charge in [0.2, 0.25) is 0 Å². The Hall–Kier alpha value is -2.67. The van der Waals surface area contributed by atoms with Crippen LogP contribution >= 0.6 is 0 Å². The van der Waals surface area contributed by atoms with Crippen molar-refractivity contribution in [3.05, 3.63) is 60.2 Å². The topological polar surface area (TPSA) is 79.3 Å². The lowest BCUT2D eigenvalue weighted by molar-refractivity contribution is 0.469. The van der Waals surface area contributed by atoms with E-state index in [1.807, 2.05) is 0 Å². The molecule has 1 aromatic heterocycles. The molecule has 118 valence electrons. The van der Waals surface area contributed by atoms with Crippen molar-refractivity contribution in [2.75, 3.05) is 4.72 Å². The Kier molecular flexibility index (Phi) is 3.65. The van der Waals surface area contributed by atoms with E-state index in [9.17, 15) is 17.9 Å². The number of hydrogen-bond acceptors (Lipinski definition) is 4. The summed E-state index contributed by atoms with van der Waals surface area (Å²) in [5.41, 5.74) is 0.664. The molecule has 0 aliphatic rings. The highest BCUT2D eigenvalue weighted by Crippen LogP contribution is 2.28. The van der Waals surface area contributed by atoms with Gasteiger partial charge in [-0.3, -0.25) is 9.71 Å². The lowest BCUT2D eigenvalue weighted by Crippen LogP contribution is -2.14. The van der Waals surface area contributed by atoms with Crippen LogP contribution in [0.1, 0.15) is 5.56 Å². The van der Waals surface area contributed by atoms with Gasteiger partial charge in [-0.25, -0.2) is 12.8 Å². The average Bonchev–Trinajstić information content (AvgIpc) is 2.45. The predicted octanol–water partition coefficient (Wildman–Crippen LogP) is 3.19. The third kappa shape index (κ3) is 2.95. The minimum Gasteiger partial charge on any atom is -0.508 e. The zero-order valence-electron chi connectivity index (χ0n) is 12.1. The maximum atomic E-state index is 13.3. The smallest absolute Gasteiger partial charge is 0.262 e. The summed E-state index contributed by atoms with van der Waals surface area (Å²) < 4.78 is 40.9. The number of rotatable bonds is 3. The van der Waals surface area contributed by atoms with Gasteiger partial charge in [0.05, 0.1) is 10.6 Å². The Morgan fingerprint density at radius 3 is 2.70 bits per heavy atom. The van der Waals surface area contributed by atoms with Crippen LogP contribution in [0.2, 0.25) is 0 Å². The van der Waals surface area contributed by atoms with Crippen LogP contribution in [0.25, 0.3) is 10.8 Å². The molecule has 3 rings (SSSR count). The number of hydrogen-bond donors (Lipinski definition) is 2. The summed E-state index contributed by atoms with van der Waals surface area (Å²) in [5.74, 6) is -1.10. The van der Waals surface area contributed by atoms with Crippen LogP contribution < -0.4 is 4.72 Å². The zero-order chi connectivity index (χ0) is 16.6. The molecule has 0 fully saturated rings. The highest BCUT2D eigenvalue weighted by atomic mass is 32.2. The third-order valence-corrected chi connectivity index (χ3v) is 4.78. The van der Waals surface area contributed by atoms with Crippen LogP contribution in [0.15, 0.2) is 53.7 Å². The monoisotopic (exact) mass is 332 g/mol. The van der Waals surface area contributed by atoms with Gasteiger partial charge < -0.3 is 5.11 Å². The van der Waals surface area contributed by atoms with Crippen molar-refractivity contribution < 1.29 is 17.9 Å². The number of sulfonamides is 1. The Morgan fingerprint density at radius 1 is 1.17 bits per heavy atom. The Labute approximate surface area is 132 Å². The van der Waals surface area contributed by atoms with E-state index in [-0.39, 0.29) is 16.3 Å². The maximum absolute atomic E-state index is 13.3. The molecule has 0 radical (unpaired) electrons. The van der Waals surface area contributed by atoms with Crippen molar-refractivity contribution in [3.63, 3.8) is 0 Å². The van der Waals surface area contributed by atoms with Crippen LogP contribution in [0, 0.1) is 12.7 Å². The Bertz CT molecular complexity index is 978. The number of nitrogens with zero attached hydrogens (tertiary/aromatic N) is 1. The van der Waals surface area contributed by atoms with Gasteiger partial charge in [-0.2, -0.15) is 0 Å². The van der Waals surface area contributed by atoms with Gasteiger partial charge in [-0.15, -0.1) is 0 Å². The van der Waals surface area contributed by atoms with E-state index in [4.69, 9.17) is 0 Å². The van der Waals surface area contributed by atoms with Gasteiger partial charge in [0.15, 0.2) is 0 Å². The van der Waals surface area contributed by atoms with Crippen molar-refractivity contribution in [3.8, 4) is 5.75 Å². The minimum absolute atomic E-state index is 0.0498. The second kappa shape index (κ2) is 5.51. The Morgan fingerprint density at radius 2 is 1.96 bits per heavy atom. The summed E-state index contributed by atoms with van der Waals surface area (Å²) in [7, 11) is -3.95. The van der Waals surface area contributed by atoms with Crippen molar-refractivity contribution in [1.82, 2.24) is 4.98 Å². The zero-order valence-corrected chi connectivity index (χ0v) is 12.9. The largest absolute Gasteiger partial charge is 0.508 e. The Balaban J connectivity index is 2.14. The molecule has 0 saturated carbocycles. The van der Waals surface area contributed by atoms with Gasteiger partial charge in [0, 0.05) is 35.3 Å². The second-order valence-electron chi connectivity index (χ2n) is 5.11. The molecule has 3 aromatic rings. The number of phenolic OH excluding ortho intramolecular Hbond substituents is 1. The molecular weight excluding hydrogens is 319 g/mol. The van der Waals surface area contributed by atoms with Crippen LogP contribution in [0.4, 0.5) is 10.1 Å². The molecule has 0 aliphatic heterocycles. The number of fused-ring (bicyclic) bond motifs is 1. The summed E-state index contributed by atoms with van der Waals surface area (Å²) in [6, 6.07) is 7.88. The number of phenols is 1. The lowest BCUT2D eigenvalue weighted by atomic mass is 10.1. The number of benzene rings is 2. The molecule has 0 saturated heterocycles. The summed E-state index contributed by atoms with van der Waals surface area (Å²) in [6.45, 7) is 1.77. The van der Waals surface area contributed by atoms with Crippen molar-refractivity contribution in [1.29, 1.82) is 0 Å². The van der Waals surface area contributed by atoms with E-state index in [1.54, 1.807) is 31.5 Å². The average molecular weight is 332 g/mol. The molecule has 0 unspecified atom stereocenters. The maximum Gasteiger partial charge on any atom is 0.262 e. The summed E-state index contributed by atoms with van der Waals surface area (Å²) >= 11 is 0. The van der Waals surface area contributed by atoms with Gasteiger partial charge in [-0.1, -0.05) is 12.1 Å². The van der Waals surface area contributed by atoms with E-state index >= 15 is 0 Å². The molecule has 0 amide bonds. The molecular formula is C16H13FN2O3S. The standard InChI is InChI=1S/C16H13FN2O3S/c1-10-8-18-9-11-3-2-4-15(16(10)11)23(21,22)19-13-5-12(17)6-14(20)7-13/h2-9,19-20H,1H3. The first-order chi connectivity index (χ1) is 10.9. The third-order valence-electron chi connectivity index (χ3n) is 3.36. The summed E-state index contributed by atoms with van der Waals surface area (Å²) in [4.78, 5) is 4.11. The highest BCUT2D eigenvalue weighted by molar-refractivity contribution is 7.93. The number of halogens is 1. The van der Waals surface area contributed by atoms with Gasteiger partial charge in [0.1, 0.15) is 11.6 Å². The number of aromatic nitrogens is 1. The molecule has 0 spiro atoms. The number of nitrogens with one attached hydrogen (secondary N) is 1. The van der Waals surface area contributed by atoms with Crippen LogP contribution in [0.3, 0.4) is 0 Å². The predicted molar refractivity (Wildman–Crippen MR) is 85.4 cm³/mol. The molecule has 5 nitrogen and oxygen atoms in total. The van der Waals surface area contributed by atoms with E-state index in [0.29, 0.717) is 16.3 Å². The fraction of sp³-hybridized carbons (Fsp3) is 0.0625. The quantitative estimate of drug-likeness (QED) is 0.772. The van der Waals surface area contributed by atoms with Crippen LogP contribution in [0.5, 0.6) is 5.75 Å². The molecule has 2 N–H and O–H groups in total. The van der Waals surface area contributed by atoms with E-state index in [1.165, 1.54) is 6.07 Å². The number of aryl methyl sites for hydroxylation is 1. The molecule has 0 atom stereocenters. The molecule has 7 heteroatoms. The SMILES string of the molecule is Cc1cncc2cccc(S(=O)(=O)Nc3cc(O)cc(F)c3)c12. The second-order valence-corrected chi connectivity index (χ2v) is 6.77. The molecule has 0 aliphatic carbocycles. The van der Waals surface area contributed by atoms with E-state index in [2.05, 4.69) is 9.71 Å². The van der Waals surface area contributed by atoms with Crippen molar-refractivity contribution >= 4 is 26.5 Å². The number of pyridine rings is 1. The summed E-state index contributed by atoms with van der Waals surface area (Å²) in [5, 5.41) is 10.6. The molecule has 2 aromatic carbocycles. The molecule has 1 heterocycles. The fourth-order valence-corrected chi connectivity index (χ4v) is 3.78. The summed E-state index contributed by atoms with van der Waals surface area (Å²) in [6.07, 6.45) is 3.16. The van der Waals surface area contributed by atoms with E-state index in [0.717, 1.165) is 18.2 Å². The van der Waals surface area contributed by atoms with Crippen molar-refractivity contribution in [2.45, 2.75) is 11.8 Å². The number of anilines is 1. The first kappa shape index (κ1) is 15.2. The number of aromatic hydroxyl groups is 1. The fourth-order valence-electron chi connectivity index (χ4n) is 2.44. The lowest BCUT2D eigenvalue weighted by Gasteiger charge is -2.12. The highest BCUT2D eigenvalue weighted by Gasteiger charge is 2.19. The molecule has 0 bridgehead atoms.